The van der Waals surface area contributed by atoms with Crippen molar-refractivity contribution in [3.05, 3.63) is 18.0 Å². The molecule has 7 heteroatoms. The van der Waals surface area contributed by atoms with Gasteiger partial charge in [-0.05, 0) is 13.0 Å². The van der Waals surface area contributed by atoms with Crippen LogP contribution < -0.4 is 0 Å². The minimum atomic E-state index is -6.00. The number of nitrogens with one attached hydrogen (secondary N) is 1. The molecule has 0 aliphatic heterocycles. The van der Waals surface area contributed by atoms with E-state index in [0.29, 0.717) is 0 Å². The standard InChI is InChI=1S/C4H6N2.BF4/c1-4-2-3-5-6-4;2-1(3,4)5/h2-3H,1H3,(H,5,6);/q;-1. The van der Waals surface area contributed by atoms with E-state index >= 15 is 0 Å². The van der Waals surface area contributed by atoms with Crippen LogP contribution in [0.4, 0.5) is 17.3 Å². The predicted octanol–water partition coefficient (Wildman–Crippen LogP) is 2.02. The van der Waals surface area contributed by atoms with Gasteiger partial charge in [-0.2, -0.15) is 5.10 Å². The fourth-order valence-electron chi connectivity index (χ4n) is 0.325. The maximum absolute atomic E-state index is 9.75. The monoisotopic (exact) mass is 169 g/mol. The van der Waals surface area contributed by atoms with E-state index < -0.39 is 7.25 Å². The fraction of sp³-hybridized carbons (Fsp3) is 0.250. The highest BCUT2D eigenvalue weighted by Gasteiger charge is 2.20. The van der Waals surface area contributed by atoms with Crippen LogP contribution in [0.2, 0.25) is 0 Å². The number of nitrogens with zero attached hydrogens (tertiary/aromatic N) is 1. The summed E-state index contributed by atoms with van der Waals surface area (Å²) in [7, 11) is -6.00. The highest BCUT2D eigenvalue weighted by Crippen LogP contribution is 2.06. The quantitative estimate of drug-likeness (QED) is 0.466. The van der Waals surface area contributed by atoms with Crippen LogP contribution in [-0.4, -0.2) is 17.5 Å². The molecule has 0 amide bonds. The average molecular weight is 169 g/mol. The smallest absolute Gasteiger partial charge is 0.418 e. The Morgan fingerprint density at radius 2 is 1.82 bits per heavy atom. The summed E-state index contributed by atoms with van der Waals surface area (Å²) in [4.78, 5) is 0. The van der Waals surface area contributed by atoms with Crippen LogP contribution in [0.1, 0.15) is 5.69 Å². The zero-order chi connectivity index (χ0) is 8.91. The summed E-state index contributed by atoms with van der Waals surface area (Å²) < 4.78 is 39.0. The zero-order valence-corrected chi connectivity index (χ0v) is 5.69. The first-order valence-corrected chi connectivity index (χ1v) is 2.73. The number of H-pyrrole nitrogens is 1. The number of halogens is 4. The van der Waals surface area contributed by atoms with Crippen molar-refractivity contribution in [2.75, 3.05) is 0 Å². The maximum atomic E-state index is 9.75. The highest BCUT2D eigenvalue weighted by molar-refractivity contribution is 6.50. The molecule has 0 aliphatic rings. The van der Waals surface area contributed by atoms with Crippen molar-refractivity contribution in [2.45, 2.75) is 6.92 Å². The molecule has 1 aromatic rings. The predicted molar refractivity (Wildman–Crippen MR) is 33.5 cm³/mol. The summed E-state index contributed by atoms with van der Waals surface area (Å²) in [6.45, 7) is 1.97. The number of rotatable bonds is 0. The lowest BCUT2D eigenvalue weighted by molar-refractivity contribution is 0.368. The third kappa shape index (κ3) is 12.2. The molecule has 1 aromatic heterocycles. The van der Waals surface area contributed by atoms with E-state index in [1.807, 2.05) is 13.0 Å². The second-order valence-corrected chi connectivity index (χ2v) is 1.73. The Kier molecular flexibility index (Phi) is 3.63. The molecular weight excluding hydrogens is 163 g/mol. The molecular formula is C4H6BF4N2-. The molecule has 0 aromatic carbocycles. The van der Waals surface area contributed by atoms with Gasteiger partial charge in [-0.25, -0.2) is 0 Å². The Balaban J connectivity index is 0.000000187. The van der Waals surface area contributed by atoms with Crippen molar-refractivity contribution < 1.29 is 17.3 Å². The number of aromatic amines is 1. The summed E-state index contributed by atoms with van der Waals surface area (Å²) in [6.07, 6.45) is 1.73. The van der Waals surface area contributed by atoms with E-state index in [1.54, 1.807) is 6.20 Å². The second kappa shape index (κ2) is 4.00. The molecule has 0 spiro atoms. The number of aryl methyl sites for hydroxylation is 1. The summed E-state index contributed by atoms with van der Waals surface area (Å²) >= 11 is 0. The van der Waals surface area contributed by atoms with Gasteiger partial charge in [-0.1, -0.05) is 0 Å². The number of aromatic nitrogens is 2. The van der Waals surface area contributed by atoms with Crippen LogP contribution in [0.15, 0.2) is 12.3 Å². The molecule has 2 nitrogen and oxygen atoms in total. The summed E-state index contributed by atoms with van der Waals surface area (Å²) in [5.74, 6) is 0. The van der Waals surface area contributed by atoms with Crippen molar-refractivity contribution in [1.29, 1.82) is 0 Å². The minimum Gasteiger partial charge on any atom is -0.418 e. The first kappa shape index (κ1) is 9.99. The molecule has 0 saturated carbocycles. The summed E-state index contributed by atoms with van der Waals surface area (Å²) in [5.41, 5.74) is 1.11. The normalized spacial score (nSPS) is 10.3. The lowest BCUT2D eigenvalue weighted by Crippen LogP contribution is -2.02. The van der Waals surface area contributed by atoms with Gasteiger partial charge >= 0.3 is 7.25 Å². The first-order chi connectivity index (χ1) is 4.89. The lowest BCUT2D eigenvalue weighted by atomic mass is 10.3. The largest absolute Gasteiger partial charge is 0.673 e. The molecule has 1 N–H and O–H groups in total. The van der Waals surface area contributed by atoms with Gasteiger partial charge in [0.25, 0.3) is 0 Å². The van der Waals surface area contributed by atoms with Crippen molar-refractivity contribution in [2.24, 2.45) is 0 Å². The number of hydrogen-bond acceptors (Lipinski definition) is 1. The molecule has 0 unspecified atom stereocenters. The molecule has 11 heavy (non-hydrogen) atoms. The van der Waals surface area contributed by atoms with Gasteiger partial charge in [0.05, 0.1) is 0 Å². The molecule has 0 radical (unpaired) electrons. The van der Waals surface area contributed by atoms with Gasteiger partial charge in [0.2, 0.25) is 0 Å². The van der Waals surface area contributed by atoms with Crippen LogP contribution in [-0.2, 0) is 0 Å². The third-order valence-electron chi connectivity index (χ3n) is 0.640. The van der Waals surface area contributed by atoms with Gasteiger partial charge in [-0.3, -0.25) is 5.10 Å². The molecule has 1 heterocycles. The first-order valence-electron chi connectivity index (χ1n) is 2.73. The lowest BCUT2D eigenvalue weighted by Gasteiger charge is -1.94. The Morgan fingerprint density at radius 3 is 1.91 bits per heavy atom. The van der Waals surface area contributed by atoms with E-state index in [2.05, 4.69) is 10.2 Å². The van der Waals surface area contributed by atoms with Crippen molar-refractivity contribution >= 4 is 7.25 Å². The van der Waals surface area contributed by atoms with Crippen molar-refractivity contribution in [3.8, 4) is 0 Å². The van der Waals surface area contributed by atoms with Crippen LogP contribution in [0.3, 0.4) is 0 Å². The molecule has 0 bridgehead atoms. The fourth-order valence-corrected chi connectivity index (χ4v) is 0.325. The molecule has 0 aliphatic carbocycles. The van der Waals surface area contributed by atoms with Gasteiger partial charge in [0.15, 0.2) is 0 Å². The molecule has 0 atom stereocenters. The van der Waals surface area contributed by atoms with Crippen LogP contribution in [0.25, 0.3) is 0 Å². The van der Waals surface area contributed by atoms with Crippen LogP contribution >= 0.6 is 0 Å². The Labute approximate surface area is 60.7 Å². The molecule has 0 saturated heterocycles. The van der Waals surface area contributed by atoms with E-state index in [4.69, 9.17) is 0 Å². The highest BCUT2D eigenvalue weighted by atomic mass is 19.5. The van der Waals surface area contributed by atoms with E-state index in [-0.39, 0.29) is 0 Å². The van der Waals surface area contributed by atoms with E-state index in [0.717, 1.165) is 5.69 Å². The minimum absolute atomic E-state index is 1.11. The zero-order valence-electron chi connectivity index (χ0n) is 5.69. The Bertz CT molecular complexity index is 176. The van der Waals surface area contributed by atoms with E-state index in [9.17, 15) is 17.3 Å². The Hall–Kier alpha value is -1.01. The maximum Gasteiger partial charge on any atom is 0.673 e. The molecule has 64 valence electrons. The van der Waals surface area contributed by atoms with Crippen LogP contribution in [0.5, 0.6) is 0 Å². The SMILES string of the molecule is Cc1ccn[nH]1.F[B-](F)(F)F. The summed E-state index contributed by atoms with van der Waals surface area (Å²) in [6, 6.07) is 1.92. The molecule has 0 fully saturated rings. The third-order valence-corrected chi connectivity index (χ3v) is 0.640. The van der Waals surface area contributed by atoms with Gasteiger partial charge < -0.3 is 17.3 Å². The molecule has 1 rings (SSSR count). The van der Waals surface area contributed by atoms with Crippen LogP contribution in [0, 0.1) is 6.92 Å². The van der Waals surface area contributed by atoms with Gasteiger partial charge in [0, 0.05) is 11.9 Å². The van der Waals surface area contributed by atoms with Crippen molar-refractivity contribution in [1.82, 2.24) is 10.2 Å². The average Bonchev–Trinajstić information content (AvgIpc) is 2.12. The summed E-state index contributed by atoms with van der Waals surface area (Å²) in [5, 5.41) is 6.45. The van der Waals surface area contributed by atoms with E-state index in [1.165, 1.54) is 0 Å². The van der Waals surface area contributed by atoms with Gasteiger partial charge in [0.1, 0.15) is 0 Å². The number of hydrogen-bond donors (Lipinski definition) is 1. The van der Waals surface area contributed by atoms with Crippen molar-refractivity contribution in [3.63, 3.8) is 0 Å². The topological polar surface area (TPSA) is 28.7 Å². The second-order valence-electron chi connectivity index (χ2n) is 1.73. The van der Waals surface area contributed by atoms with Gasteiger partial charge in [-0.15, -0.1) is 0 Å². The Morgan fingerprint density at radius 1 is 1.36 bits per heavy atom.